The minimum atomic E-state index is -0.382. The molecule has 9 nitrogen and oxygen atoms in total. The van der Waals surface area contributed by atoms with Crippen LogP contribution >= 0.6 is 11.3 Å². The predicted octanol–water partition coefficient (Wildman–Crippen LogP) is 2.03. The van der Waals surface area contributed by atoms with Crippen molar-refractivity contribution in [3.63, 3.8) is 0 Å². The number of hydrogen-bond donors (Lipinski definition) is 0. The molecule has 0 spiro atoms. The van der Waals surface area contributed by atoms with E-state index in [2.05, 4.69) is 4.98 Å². The van der Waals surface area contributed by atoms with Crippen molar-refractivity contribution in [3.8, 4) is 0 Å². The molecule has 0 radical (unpaired) electrons. The monoisotopic (exact) mass is 364 g/mol. The van der Waals surface area contributed by atoms with Gasteiger partial charge in [-0.05, 0) is 24.2 Å². The molecule has 2 aliphatic heterocycles. The summed E-state index contributed by atoms with van der Waals surface area (Å²) in [4.78, 5) is 34.4. The third kappa shape index (κ3) is 2.90. The van der Waals surface area contributed by atoms with Crippen LogP contribution in [0.5, 0.6) is 0 Å². The molecule has 0 saturated carbocycles. The van der Waals surface area contributed by atoms with Gasteiger partial charge in [0.25, 0.3) is 4.96 Å². The Balaban J connectivity index is 1.47. The van der Waals surface area contributed by atoms with Gasteiger partial charge in [0.2, 0.25) is 5.82 Å². The fraction of sp³-hybridized carbons (Fsp3) is 0.600. The van der Waals surface area contributed by atoms with Gasteiger partial charge in [0.15, 0.2) is 0 Å². The summed E-state index contributed by atoms with van der Waals surface area (Å²) in [5.41, 5.74) is 0. The van der Waals surface area contributed by atoms with E-state index in [0.29, 0.717) is 37.0 Å². The number of nitrogens with zero attached hydrogens (tertiary/aromatic N) is 6. The van der Waals surface area contributed by atoms with Gasteiger partial charge in [-0.25, -0.2) is 4.79 Å². The van der Waals surface area contributed by atoms with Crippen LogP contribution in [0.2, 0.25) is 0 Å². The van der Waals surface area contributed by atoms with E-state index in [9.17, 15) is 14.9 Å². The molecule has 4 heterocycles. The number of rotatable bonds is 2. The number of piperidine rings is 1. The highest BCUT2D eigenvalue weighted by atomic mass is 32.1. The molecule has 2 aromatic heterocycles. The molecular formula is C15H20N6O3S. The Hall–Kier alpha value is -2.36. The molecule has 10 heteroatoms. The molecule has 0 atom stereocenters. The molecule has 2 saturated heterocycles. The van der Waals surface area contributed by atoms with Crippen molar-refractivity contribution in [2.24, 2.45) is 0 Å². The van der Waals surface area contributed by atoms with Gasteiger partial charge >= 0.3 is 11.8 Å². The highest BCUT2D eigenvalue weighted by Crippen LogP contribution is 2.31. The summed E-state index contributed by atoms with van der Waals surface area (Å²) in [6, 6.07) is 0.0969. The summed E-state index contributed by atoms with van der Waals surface area (Å²) in [5.74, 6) is 0.411. The topological polar surface area (TPSA) is 87.2 Å². The summed E-state index contributed by atoms with van der Waals surface area (Å²) >= 11 is 1.38. The number of amides is 2. The normalized spacial score (nSPS) is 18.8. The molecule has 0 N–H and O–H groups in total. The Labute approximate surface area is 148 Å². The van der Waals surface area contributed by atoms with Crippen LogP contribution in [0.25, 0.3) is 4.96 Å². The molecule has 4 rings (SSSR count). The molecule has 2 aromatic rings. The van der Waals surface area contributed by atoms with Gasteiger partial charge in [-0.15, -0.1) is 0 Å². The first-order valence-corrected chi connectivity index (χ1v) is 9.42. The first kappa shape index (κ1) is 16.1. The van der Waals surface area contributed by atoms with E-state index in [4.69, 9.17) is 0 Å². The lowest BCUT2D eigenvalue weighted by molar-refractivity contribution is -0.389. The van der Waals surface area contributed by atoms with Crippen molar-refractivity contribution >= 4 is 34.0 Å². The molecule has 0 aliphatic carbocycles. The minimum Gasteiger partial charge on any atom is -0.358 e. The number of aromatic nitrogens is 2. The lowest BCUT2D eigenvalue weighted by atomic mass is 10.1. The largest absolute Gasteiger partial charge is 0.373 e. The van der Waals surface area contributed by atoms with Crippen molar-refractivity contribution in [2.75, 3.05) is 44.2 Å². The minimum absolute atomic E-state index is 0.00653. The van der Waals surface area contributed by atoms with E-state index in [1.807, 2.05) is 14.7 Å². The highest BCUT2D eigenvalue weighted by Gasteiger charge is 2.32. The quantitative estimate of drug-likeness (QED) is 0.601. The predicted molar refractivity (Wildman–Crippen MR) is 94.3 cm³/mol. The molecule has 25 heavy (non-hydrogen) atoms. The molecule has 0 aromatic carbocycles. The van der Waals surface area contributed by atoms with Crippen LogP contribution in [0, 0.1) is 10.1 Å². The fourth-order valence-electron chi connectivity index (χ4n) is 3.54. The van der Waals surface area contributed by atoms with Gasteiger partial charge < -0.3 is 24.8 Å². The molecule has 2 fully saturated rings. The number of carbonyl (C=O) groups is 1. The Bertz CT molecular complexity index is 788. The molecule has 2 aliphatic rings. The Morgan fingerprint density at radius 3 is 2.44 bits per heavy atom. The zero-order valence-electron chi connectivity index (χ0n) is 13.8. The van der Waals surface area contributed by atoms with Crippen molar-refractivity contribution in [3.05, 3.63) is 21.7 Å². The molecule has 0 bridgehead atoms. The lowest BCUT2D eigenvalue weighted by Gasteiger charge is -2.38. The number of fused-ring (bicyclic) bond motifs is 1. The van der Waals surface area contributed by atoms with Gasteiger partial charge in [0, 0.05) is 44.6 Å². The van der Waals surface area contributed by atoms with Crippen LogP contribution in [-0.2, 0) is 0 Å². The van der Waals surface area contributed by atoms with Gasteiger partial charge in [-0.1, -0.05) is 11.3 Å². The zero-order chi connectivity index (χ0) is 17.4. The van der Waals surface area contributed by atoms with E-state index < -0.39 is 0 Å². The molecule has 2 amide bonds. The van der Waals surface area contributed by atoms with Crippen LogP contribution < -0.4 is 4.90 Å². The first-order valence-electron chi connectivity index (χ1n) is 8.54. The Morgan fingerprint density at radius 2 is 1.76 bits per heavy atom. The first-order chi connectivity index (χ1) is 12.1. The van der Waals surface area contributed by atoms with Crippen LogP contribution in [0.15, 0.2) is 11.6 Å². The summed E-state index contributed by atoms with van der Waals surface area (Å²) in [6.07, 6.45) is 5.01. The lowest BCUT2D eigenvalue weighted by Crippen LogP contribution is -2.53. The van der Waals surface area contributed by atoms with Crippen molar-refractivity contribution in [1.82, 2.24) is 19.2 Å². The van der Waals surface area contributed by atoms with Crippen molar-refractivity contribution in [2.45, 2.75) is 19.3 Å². The van der Waals surface area contributed by atoms with Crippen LogP contribution in [0.4, 0.5) is 16.4 Å². The SMILES string of the molecule is O=C(N1CCCCC1)N1CCN(c2nc3sccn3c2[N+](=O)[O-])CC1. The maximum absolute atomic E-state index is 12.6. The van der Waals surface area contributed by atoms with Crippen LogP contribution in [-0.4, -0.2) is 69.4 Å². The number of hydrogen-bond acceptors (Lipinski definition) is 6. The number of imidazole rings is 1. The second kappa shape index (κ2) is 6.51. The number of carbonyl (C=O) groups excluding carboxylic acids is 1. The number of piperazine rings is 1. The van der Waals surface area contributed by atoms with E-state index in [1.54, 1.807) is 11.6 Å². The maximum Gasteiger partial charge on any atom is 0.373 e. The van der Waals surface area contributed by atoms with E-state index in [0.717, 1.165) is 25.9 Å². The van der Waals surface area contributed by atoms with Gasteiger partial charge in [0.1, 0.15) is 6.20 Å². The Kier molecular flexibility index (Phi) is 4.20. The number of thiazole rings is 1. The van der Waals surface area contributed by atoms with E-state index in [-0.39, 0.29) is 16.8 Å². The standard InChI is InChI=1S/C15H20N6O3S/c22-15(18-4-2-1-3-5-18)19-8-6-17(7-9-19)12-13(21(23)24)20-10-11-25-14(20)16-12/h10-11H,1-9H2. The summed E-state index contributed by atoms with van der Waals surface area (Å²) in [7, 11) is 0. The molecular weight excluding hydrogens is 344 g/mol. The number of nitro groups is 1. The van der Waals surface area contributed by atoms with Gasteiger partial charge in [0.05, 0.1) is 0 Å². The smallest absolute Gasteiger partial charge is 0.358 e. The number of likely N-dealkylation sites (tertiary alicyclic amines) is 1. The highest BCUT2D eigenvalue weighted by molar-refractivity contribution is 7.15. The third-order valence-corrected chi connectivity index (χ3v) is 5.63. The summed E-state index contributed by atoms with van der Waals surface area (Å²) in [6.45, 7) is 3.93. The fourth-order valence-corrected chi connectivity index (χ4v) is 4.24. The van der Waals surface area contributed by atoms with Crippen LogP contribution in [0.1, 0.15) is 19.3 Å². The Morgan fingerprint density at radius 1 is 1.08 bits per heavy atom. The van der Waals surface area contributed by atoms with Gasteiger partial charge in [-0.2, -0.15) is 9.38 Å². The van der Waals surface area contributed by atoms with Crippen molar-refractivity contribution in [1.29, 1.82) is 0 Å². The third-order valence-electron chi connectivity index (χ3n) is 4.87. The maximum atomic E-state index is 12.6. The number of urea groups is 1. The second-order valence-electron chi connectivity index (χ2n) is 6.38. The summed E-state index contributed by atoms with van der Waals surface area (Å²) in [5, 5.41) is 13.3. The number of anilines is 1. The summed E-state index contributed by atoms with van der Waals surface area (Å²) < 4.78 is 1.52. The molecule has 134 valence electrons. The average molecular weight is 364 g/mol. The van der Waals surface area contributed by atoms with Gasteiger partial charge in [-0.3, -0.25) is 0 Å². The average Bonchev–Trinajstić information content (AvgIpc) is 3.22. The van der Waals surface area contributed by atoms with Crippen LogP contribution in [0.3, 0.4) is 0 Å². The zero-order valence-corrected chi connectivity index (χ0v) is 14.7. The molecule has 0 unspecified atom stereocenters. The second-order valence-corrected chi connectivity index (χ2v) is 7.25. The van der Waals surface area contributed by atoms with E-state index >= 15 is 0 Å². The van der Waals surface area contributed by atoms with E-state index in [1.165, 1.54) is 22.2 Å². The van der Waals surface area contributed by atoms with Crippen molar-refractivity contribution < 1.29 is 9.72 Å².